The van der Waals surface area contributed by atoms with Crippen molar-refractivity contribution in [1.29, 1.82) is 0 Å². The summed E-state index contributed by atoms with van der Waals surface area (Å²) < 4.78 is 34.7. The average Bonchev–Trinajstić information content (AvgIpc) is 2.75. The van der Waals surface area contributed by atoms with Gasteiger partial charge in [-0.1, -0.05) is 65.7 Å². The van der Waals surface area contributed by atoms with Crippen molar-refractivity contribution in [2.75, 3.05) is 0 Å². The Morgan fingerprint density at radius 3 is 2.38 bits per heavy atom. The molecule has 4 rings (SSSR count). The fraction of sp³-hybridized carbons (Fsp3) is 0.200. The fourth-order valence-corrected chi connectivity index (χ4v) is 5.71. The Balaban J connectivity index is 1.71. The molecule has 0 fully saturated rings. The minimum atomic E-state index is -3.92. The van der Waals surface area contributed by atoms with Gasteiger partial charge < -0.3 is 4.74 Å². The normalized spacial score (nSPS) is 14.8. The Bertz CT molecular complexity index is 1270. The summed E-state index contributed by atoms with van der Waals surface area (Å²) in [6.07, 6.45) is 4.00. The molecule has 0 unspecified atom stereocenters. The van der Waals surface area contributed by atoms with Crippen molar-refractivity contribution < 1.29 is 13.2 Å². The Morgan fingerprint density at radius 1 is 0.906 bits per heavy atom. The monoisotopic (exact) mass is 487 g/mol. The van der Waals surface area contributed by atoms with Gasteiger partial charge in [0.25, 0.3) is 0 Å². The molecular formula is C25H23Cl2NO3S. The lowest BCUT2D eigenvalue weighted by atomic mass is 10.0. The van der Waals surface area contributed by atoms with Crippen molar-refractivity contribution in [1.82, 2.24) is 4.31 Å². The lowest BCUT2D eigenvalue weighted by Gasteiger charge is -2.28. The van der Waals surface area contributed by atoms with Crippen molar-refractivity contribution in [3.05, 3.63) is 99.5 Å². The Labute approximate surface area is 199 Å². The van der Waals surface area contributed by atoms with Crippen LogP contribution in [0.4, 0.5) is 0 Å². The second-order valence-electron chi connectivity index (χ2n) is 8.24. The first kappa shape index (κ1) is 22.9. The van der Waals surface area contributed by atoms with Crippen LogP contribution in [0.3, 0.4) is 0 Å². The summed E-state index contributed by atoms with van der Waals surface area (Å²) in [5, 5.41) is 0.447. The van der Waals surface area contributed by atoms with Crippen LogP contribution < -0.4 is 4.74 Å². The third-order valence-electron chi connectivity index (χ3n) is 5.18. The van der Waals surface area contributed by atoms with Crippen LogP contribution in [0.2, 0.25) is 10.0 Å². The van der Waals surface area contributed by atoms with E-state index in [1.807, 2.05) is 74.5 Å². The Kier molecular flexibility index (Phi) is 6.37. The van der Waals surface area contributed by atoms with E-state index >= 15 is 0 Å². The van der Waals surface area contributed by atoms with Crippen LogP contribution in [-0.2, 0) is 23.1 Å². The number of benzene rings is 3. The zero-order valence-electron chi connectivity index (χ0n) is 17.8. The van der Waals surface area contributed by atoms with E-state index in [2.05, 4.69) is 0 Å². The smallest absolute Gasteiger partial charge is 0.245 e. The van der Waals surface area contributed by atoms with E-state index in [0.717, 1.165) is 22.4 Å². The Morgan fingerprint density at radius 2 is 1.62 bits per heavy atom. The quantitative estimate of drug-likeness (QED) is 0.394. The molecule has 32 heavy (non-hydrogen) atoms. The molecule has 0 spiro atoms. The molecule has 0 aliphatic carbocycles. The highest BCUT2D eigenvalue weighted by Crippen LogP contribution is 2.33. The zero-order valence-corrected chi connectivity index (χ0v) is 20.1. The fourth-order valence-electron chi connectivity index (χ4n) is 3.56. The highest BCUT2D eigenvalue weighted by Gasteiger charge is 2.28. The van der Waals surface area contributed by atoms with E-state index in [1.54, 1.807) is 6.07 Å². The number of rotatable bonds is 6. The van der Waals surface area contributed by atoms with Gasteiger partial charge in [0.2, 0.25) is 10.0 Å². The summed E-state index contributed by atoms with van der Waals surface area (Å²) in [5.41, 5.74) is 2.26. The third-order valence-corrected chi connectivity index (χ3v) is 7.69. The molecule has 7 heteroatoms. The number of ether oxygens (including phenoxy) is 1. The standard InChI is InChI=1S/C25H23Cl2NO3S/c1-25(2)13-12-20-14-19(8-11-23(20)31-25)17-28(16-18-6-4-3-5-7-18)32(29,30)24-15-21(26)9-10-22(24)27/h3-15H,16-17H2,1-2H3. The van der Waals surface area contributed by atoms with Gasteiger partial charge in [0, 0.05) is 23.7 Å². The minimum absolute atomic E-state index is 0.00876. The van der Waals surface area contributed by atoms with Crippen LogP contribution in [-0.4, -0.2) is 18.3 Å². The first-order valence-corrected chi connectivity index (χ1v) is 12.3. The topological polar surface area (TPSA) is 46.6 Å². The summed E-state index contributed by atoms with van der Waals surface area (Å²) in [5.74, 6) is 0.775. The van der Waals surface area contributed by atoms with Gasteiger partial charge >= 0.3 is 0 Å². The highest BCUT2D eigenvalue weighted by atomic mass is 35.5. The summed E-state index contributed by atoms with van der Waals surface area (Å²) in [6.45, 7) is 4.35. The van der Waals surface area contributed by atoms with Gasteiger partial charge in [-0.2, -0.15) is 4.31 Å². The number of halogens is 2. The van der Waals surface area contributed by atoms with Gasteiger partial charge in [-0.15, -0.1) is 0 Å². The number of nitrogens with zero attached hydrogens (tertiary/aromatic N) is 1. The lowest BCUT2D eigenvalue weighted by molar-refractivity contribution is 0.159. The van der Waals surface area contributed by atoms with Crippen LogP contribution in [0, 0.1) is 0 Å². The van der Waals surface area contributed by atoms with Crippen molar-refractivity contribution in [2.24, 2.45) is 0 Å². The SMILES string of the molecule is CC1(C)C=Cc2cc(CN(Cc3ccccc3)S(=O)(=O)c3cc(Cl)ccc3Cl)ccc2O1. The van der Waals surface area contributed by atoms with Crippen molar-refractivity contribution in [2.45, 2.75) is 37.4 Å². The molecular weight excluding hydrogens is 465 g/mol. The second-order valence-corrected chi connectivity index (χ2v) is 11.0. The molecule has 0 saturated heterocycles. The molecule has 1 heterocycles. The molecule has 0 radical (unpaired) electrons. The minimum Gasteiger partial charge on any atom is -0.483 e. The molecule has 0 saturated carbocycles. The van der Waals surface area contributed by atoms with Gasteiger partial charge in [0.05, 0.1) is 5.02 Å². The largest absolute Gasteiger partial charge is 0.483 e. The van der Waals surface area contributed by atoms with Gasteiger partial charge in [0.1, 0.15) is 16.2 Å². The second kappa shape index (κ2) is 8.91. The highest BCUT2D eigenvalue weighted by molar-refractivity contribution is 7.89. The Hall–Kier alpha value is -2.31. The molecule has 0 atom stereocenters. The van der Waals surface area contributed by atoms with E-state index < -0.39 is 10.0 Å². The van der Waals surface area contributed by atoms with Crippen LogP contribution in [0.15, 0.2) is 77.7 Å². The van der Waals surface area contributed by atoms with E-state index in [9.17, 15) is 8.42 Å². The molecule has 1 aliphatic rings. The van der Waals surface area contributed by atoms with Gasteiger partial charge in [-0.3, -0.25) is 0 Å². The molecule has 166 valence electrons. The molecule has 0 aromatic heterocycles. The zero-order chi connectivity index (χ0) is 22.9. The van der Waals surface area contributed by atoms with Gasteiger partial charge in [0.15, 0.2) is 0 Å². The van der Waals surface area contributed by atoms with Crippen molar-refractivity contribution in [3.63, 3.8) is 0 Å². The number of fused-ring (bicyclic) bond motifs is 1. The predicted octanol–water partition coefficient (Wildman–Crippen LogP) is 6.57. The maximum absolute atomic E-state index is 13.6. The maximum Gasteiger partial charge on any atom is 0.245 e. The van der Waals surface area contributed by atoms with Crippen LogP contribution in [0.25, 0.3) is 6.08 Å². The number of sulfonamides is 1. The van der Waals surface area contributed by atoms with Crippen LogP contribution in [0.5, 0.6) is 5.75 Å². The van der Waals surface area contributed by atoms with Crippen molar-refractivity contribution >= 4 is 39.3 Å². The molecule has 0 amide bonds. The number of hydrogen-bond acceptors (Lipinski definition) is 3. The molecule has 1 aliphatic heterocycles. The first-order chi connectivity index (χ1) is 15.1. The van der Waals surface area contributed by atoms with E-state index in [-0.39, 0.29) is 28.6 Å². The van der Waals surface area contributed by atoms with Gasteiger partial charge in [-0.05, 0) is 61.4 Å². The van der Waals surface area contributed by atoms with E-state index in [0.29, 0.717) is 5.02 Å². The molecule has 0 bridgehead atoms. The first-order valence-electron chi connectivity index (χ1n) is 10.1. The molecule has 4 nitrogen and oxygen atoms in total. The predicted molar refractivity (Wildman–Crippen MR) is 130 cm³/mol. The number of hydrogen-bond donors (Lipinski definition) is 0. The lowest BCUT2D eigenvalue weighted by Crippen LogP contribution is -2.31. The summed E-state index contributed by atoms with van der Waals surface area (Å²) >= 11 is 12.3. The van der Waals surface area contributed by atoms with Gasteiger partial charge in [-0.25, -0.2) is 8.42 Å². The molecule has 3 aromatic carbocycles. The molecule has 0 N–H and O–H groups in total. The maximum atomic E-state index is 13.6. The van der Waals surface area contributed by atoms with Crippen LogP contribution in [0.1, 0.15) is 30.5 Å². The van der Waals surface area contributed by atoms with Crippen molar-refractivity contribution in [3.8, 4) is 5.75 Å². The average molecular weight is 488 g/mol. The third kappa shape index (κ3) is 5.02. The van der Waals surface area contributed by atoms with E-state index in [4.69, 9.17) is 27.9 Å². The summed E-state index contributed by atoms with van der Waals surface area (Å²) in [4.78, 5) is -0.00876. The summed E-state index contributed by atoms with van der Waals surface area (Å²) in [7, 11) is -3.92. The summed E-state index contributed by atoms with van der Waals surface area (Å²) in [6, 6.07) is 19.6. The van der Waals surface area contributed by atoms with E-state index in [1.165, 1.54) is 16.4 Å². The molecule has 3 aromatic rings. The van der Waals surface area contributed by atoms with Crippen LogP contribution >= 0.6 is 23.2 Å².